The van der Waals surface area contributed by atoms with Gasteiger partial charge in [-0.3, -0.25) is 0 Å². The van der Waals surface area contributed by atoms with Crippen LogP contribution in [0.4, 0.5) is 0 Å². The van der Waals surface area contributed by atoms with Gasteiger partial charge in [-0.2, -0.15) is 36.4 Å². The van der Waals surface area contributed by atoms with Gasteiger partial charge >= 0.3 is 0 Å². The summed E-state index contributed by atoms with van der Waals surface area (Å²) in [4.78, 5) is 0. The summed E-state index contributed by atoms with van der Waals surface area (Å²) in [6.45, 7) is 0. The molecule has 39 heavy (non-hydrogen) atoms. The summed E-state index contributed by atoms with van der Waals surface area (Å²) < 4.78 is 0. The number of hydrogen-bond donors (Lipinski definition) is 0. The quantitative estimate of drug-likeness (QED) is 0.146. The molecule has 0 aliphatic carbocycles. The van der Waals surface area contributed by atoms with E-state index in [-0.39, 0.29) is 32.7 Å². The van der Waals surface area contributed by atoms with E-state index in [9.17, 15) is 0 Å². The Morgan fingerprint density at radius 2 is 0.872 bits per heavy atom. The molecule has 0 saturated heterocycles. The molecule has 7 rings (SSSR count). The molecule has 0 aliphatic rings. The third-order valence-electron chi connectivity index (χ3n) is 7.32. The third-order valence-corrected chi connectivity index (χ3v) is 7.32. The van der Waals surface area contributed by atoms with Crippen LogP contribution in [-0.2, 0) is 32.7 Å². The van der Waals surface area contributed by atoms with Crippen molar-refractivity contribution in [2.75, 3.05) is 0 Å². The smallest absolute Gasteiger partial charge is 0 e. The predicted octanol–water partition coefficient (Wildman–Crippen LogP) is 10.3. The second kappa shape index (κ2) is 11.1. The molecule has 0 nitrogen and oxygen atoms in total. The van der Waals surface area contributed by atoms with Gasteiger partial charge in [0.25, 0.3) is 0 Å². The maximum absolute atomic E-state index is 3.52. The van der Waals surface area contributed by atoms with Gasteiger partial charge in [0, 0.05) is 32.7 Å². The fourth-order valence-electron chi connectivity index (χ4n) is 5.61. The third kappa shape index (κ3) is 4.65. The zero-order valence-electron chi connectivity index (χ0n) is 21.4. The molecule has 0 saturated carbocycles. The number of hydrogen-bond acceptors (Lipinski definition) is 0. The molecule has 0 N–H and O–H groups in total. The van der Waals surface area contributed by atoms with Crippen LogP contribution < -0.4 is 0 Å². The first kappa shape index (κ1) is 25.4. The molecule has 0 fully saturated rings. The van der Waals surface area contributed by atoms with Crippen LogP contribution in [-0.4, -0.2) is 0 Å². The van der Waals surface area contributed by atoms with Gasteiger partial charge in [-0.25, -0.2) is 11.1 Å². The van der Waals surface area contributed by atoms with Crippen molar-refractivity contribution in [2.24, 2.45) is 0 Å². The number of rotatable bonds is 4. The average molecular weight is 570 g/mol. The number of benzene rings is 7. The zero-order valence-corrected chi connectivity index (χ0v) is 24.3. The van der Waals surface area contributed by atoms with Crippen LogP contribution in [0, 0.1) is 12.1 Å². The summed E-state index contributed by atoms with van der Waals surface area (Å²) in [5, 5.41) is 4.98. The first-order valence-electron chi connectivity index (χ1n) is 13.0. The van der Waals surface area contributed by atoms with Gasteiger partial charge in [-0.05, 0) is 43.8 Å². The van der Waals surface area contributed by atoms with Gasteiger partial charge in [-0.1, -0.05) is 109 Å². The predicted molar refractivity (Wildman–Crippen MR) is 161 cm³/mol. The molecule has 7 aromatic rings. The van der Waals surface area contributed by atoms with Gasteiger partial charge in [0.15, 0.2) is 0 Å². The zero-order chi connectivity index (χ0) is 25.3. The molecule has 181 valence electrons. The Labute approximate surface area is 254 Å². The molecule has 0 amide bonds. The molecule has 0 spiro atoms. The molecule has 0 heterocycles. The Bertz CT molecular complexity index is 1830. The molecular formula is C38H24Y-2. The number of fused-ring (bicyclic) bond motifs is 2. The largest absolute Gasteiger partial charge is 0.226 e. The maximum atomic E-state index is 3.52. The van der Waals surface area contributed by atoms with Gasteiger partial charge < -0.3 is 0 Å². The van der Waals surface area contributed by atoms with Crippen LogP contribution in [0.3, 0.4) is 0 Å². The topological polar surface area (TPSA) is 0 Å². The summed E-state index contributed by atoms with van der Waals surface area (Å²) in [5.41, 5.74) is 9.49. The molecule has 1 heteroatoms. The minimum Gasteiger partial charge on any atom is -0.226 e. The normalized spacial score (nSPS) is 10.9. The van der Waals surface area contributed by atoms with E-state index in [1.165, 1.54) is 54.9 Å². The summed E-state index contributed by atoms with van der Waals surface area (Å²) in [6, 6.07) is 58.5. The van der Waals surface area contributed by atoms with Crippen molar-refractivity contribution in [3.8, 4) is 44.5 Å². The molecule has 0 aliphatic heterocycles. The SMILES string of the molecule is [Y].[c-]1ccccc1-c1[c-]cccc1-c1c2ccccc2c(-c2ccc(-c3ccccc3)cc2)c2ccccc12. The van der Waals surface area contributed by atoms with E-state index in [1.807, 2.05) is 18.2 Å². The van der Waals surface area contributed by atoms with E-state index in [2.05, 4.69) is 140 Å². The second-order valence-corrected chi connectivity index (χ2v) is 9.52. The van der Waals surface area contributed by atoms with Crippen LogP contribution in [0.1, 0.15) is 0 Å². The van der Waals surface area contributed by atoms with Crippen molar-refractivity contribution in [3.63, 3.8) is 0 Å². The van der Waals surface area contributed by atoms with E-state index >= 15 is 0 Å². The van der Waals surface area contributed by atoms with Gasteiger partial charge in [0.05, 0.1) is 0 Å². The summed E-state index contributed by atoms with van der Waals surface area (Å²) in [6.07, 6.45) is 0. The van der Waals surface area contributed by atoms with Gasteiger partial charge in [-0.15, -0.1) is 23.8 Å². The summed E-state index contributed by atoms with van der Waals surface area (Å²) in [7, 11) is 0. The minimum absolute atomic E-state index is 0. The van der Waals surface area contributed by atoms with Crippen LogP contribution in [0.2, 0.25) is 0 Å². The summed E-state index contributed by atoms with van der Waals surface area (Å²) in [5.74, 6) is 0. The molecule has 0 unspecified atom stereocenters. The first-order chi connectivity index (χ1) is 18.9. The van der Waals surface area contributed by atoms with Crippen molar-refractivity contribution in [2.45, 2.75) is 0 Å². The van der Waals surface area contributed by atoms with Crippen LogP contribution in [0.25, 0.3) is 66.1 Å². The molecule has 7 aromatic carbocycles. The average Bonchev–Trinajstić information content (AvgIpc) is 3.01. The van der Waals surface area contributed by atoms with E-state index in [4.69, 9.17) is 0 Å². The van der Waals surface area contributed by atoms with Crippen LogP contribution >= 0.6 is 0 Å². The Balaban J connectivity index is 0.00000277. The van der Waals surface area contributed by atoms with Gasteiger partial charge in [0.1, 0.15) is 0 Å². The van der Waals surface area contributed by atoms with Crippen molar-refractivity contribution in [1.82, 2.24) is 0 Å². The monoisotopic (exact) mass is 569 g/mol. The molecule has 0 atom stereocenters. The van der Waals surface area contributed by atoms with Crippen molar-refractivity contribution < 1.29 is 32.7 Å². The second-order valence-electron chi connectivity index (χ2n) is 9.52. The van der Waals surface area contributed by atoms with Crippen LogP contribution in [0.15, 0.2) is 146 Å². The maximum Gasteiger partial charge on any atom is 0 e. The minimum atomic E-state index is 0. The van der Waals surface area contributed by atoms with Crippen molar-refractivity contribution in [1.29, 1.82) is 0 Å². The standard InChI is InChI=1S/C38H24.Y/c1-3-13-27(14-4-1)28-23-25-30(26-24-28)37-33-19-9-11-21-35(33)38(36-22-12-10-20-34(36)37)32-18-8-7-17-31(32)29-15-5-2-6-16-29;/h1-15,18-26H;/q-2;. The van der Waals surface area contributed by atoms with Crippen molar-refractivity contribution in [3.05, 3.63) is 158 Å². The van der Waals surface area contributed by atoms with Crippen molar-refractivity contribution >= 4 is 21.5 Å². The summed E-state index contributed by atoms with van der Waals surface area (Å²) >= 11 is 0. The molecular weight excluding hydrogens is 545 g/mol. The fourth-order valence-corrected chi connectivity index (χ4v) is 5.61. The van der Waals surface area contributed by atoms with Crippen LogP contribution in [0.5, 0.6) is 0 Å². The van der Waals surface area contributed by atoms with E-state index in [1.54, 1.807) is 0 Å². The fraction of sp³-hybridized carbons (Fsp3) is 0. The molecule has 1 radical (unpaired) electrons. The Hall–Kier alpha value is -3.84. The first-order valence-corrected chi connectivity index (χ1v) is 13.0. The van der Waals surface area contributed by atoms with Gasteiger partial charge in [0.2, 0.25) is 0 Å². The van der Waals surface area contributed by atoms with E-state index in [0.717, 1.165) is 11.1 Å². The molecule has 0 bridgehead atoms. The Morgan fingerprint density at radius 3 is 1.49 bits per heavy atom. The Morgan fingerprint density at radius 1 is 0.359 bits per heavy atom. The van der Waals surface area contributed by atoms with E-state index < -0.39 is 0 Å². The molecule has 0 aromatic heterocycles. The Kier molecular flexibility index (Phi) is 7.25. The van der Waals surface area contributed by atoms with E-state index in [0.29, 0.717) is 0 Å².